The second kappa shape index (κ2) is 4.21. The van der Waals surface area contributed by atoms with Crippen LogP contribution in [0.4, 0.5) is 0 Å². The van der Waals surface area contributed by atoms with Gasteiger partial charge in [-0.2, -0.15) is 0 Å². The van der Waals surface area contributed by atoms with E-state index in [0.717, 1.165) is 24.2 Å². The third kappa shape index (κ3) is 1.53. The van der Waals surface area contributed by atoms with Crippen molar-refractivity contribution in [3.8, 4) is 0 Å². The number of rotatable bonds is 0. The van der Waals surface area contributed by atoms with Crippen LogP contribution in [0.25, 0.3) is 0 Å². The lowest BCUT2D eigenvalue weighted by Crippen LogP contribution is -2.52. The fourth-order valence-corrected chi connectivity index (χ4v) is 6.61. The van der Waals surface area contributed by atoms with E-state index in [0.29, 0.717) is 17.1 Å². The zero-order valence-electron chi connectivity index (χ0n) is 13.0. The van der Waals surface area contributed by atoms with Crippen LogP contribution >= 0.6 is 0 Å². The smallest absolute Gasteiger partial charge is 0.139 e. The Balaban J connectivity index is 1.68. The van der Waals surface area contributed by atoms with Crippen molar-refractivity contribution in [2.75, 3.05) is 0 Å². The largest absolute Gasteiger partial charge is 0.299 e. The summed E-state index contributed by atoms with van der Waals surface area (Å²) >= 11 is 0. The fourth-order valence-electron chi connectivity index (χ4n) is 6.61. The van der Waals surface area contributed by atoms with Crippen molar-refractivity contribution in [2.24, 2.45) is 34.5 Å². The molecule has 1 heteroatoms. The minimum atomic E-state index is 0.0505. The molecule has 20 heavy (non-hydrogen) atoms. The van der Waals surface area contributed by atoms with Gasteiger partial charge < -0.3 is 0 Å². The molecule has 0 bridgehead atoms. The van der Waals surface area contributed by atoms with Crippen LogP contribution in [0.3, 0.4) is 0 Å². The Morgan fingerprint density at radius 2 is 1.90 bits per heavy atom. The van der Waals surface area contributed by atoms with Gasteiger partial charge in [0.05, 0.1) is 0 Å². The number of fused-ring (bicyclic) bond motifs is 5. The van der Waals surface area contributed by atoms with Crippen LogP contribution in [0.15, 0.2) is 12.2 Å². The molecule has 0 unspecified atom stereocenters. The Labute approximate surface area is 123 Å². The minimum absolute atomic E-state index is 0.0505. The third-order valence-electron chi connectivity index (χ3n) is 7.92. The molecular weight excluding hydrogens is 244 g/mol. The van der Waals surface area contributed by atoms with Gasteiger partial charge in [-0.25, -0.2) is 0 Å². The Kier molecular flexibility index (Phi) is 2.76. The number of Topliss-reactive ketones (excluding diaryl/α,β-unsaturated/α-hetero) is 1. The summed E-state index contributed by atoms with van der Waals surface area (Å²) < 4.78 is 0. The topological polar surface area (TPSA) is 17.1 Å². The molecule has 0 aromatic rings. The summed E-state index contributed by atoms with van der Waals surface area (Å²) in [5.41, 5.74) is 0.583. The van der Waals surface area contributed by atoms with Crippen molar-refractivity contribution in [1.29, 1.82) is 0 Å². The minimum Gasteiger partial charge on any atom is -0.299 e. The lowest BCUT2D eigenvalue weighted by Gasteiger charge is -2.58. The summed E-state index contributed by atoms with van der Waals surface area (Å²) in [7, 11) is 0. The van der Waals surface area contributed by atoms with Gasteiger partial charge in [-0.05, 0) is 74.0 Å². The lowest BCUT2D eigenvalue weighted by molar-refractivity contribution is -0.136. The van der Waals surface area contributed by atoms with Crippen LogP contribution in [0, 0.1) is 34.5 Å². The van der Waals surface area contributed by atoms with Crippen molar-refractivity contribution < 1.29 is 4.79 Å². The van der Waals surface area contributed by atoms with Gasteiger partial charge in [-0.1, -0.05) is 26.0 Å². The predicted molar refractivity (Wildman–Crippen MR) is 81.3 cm³/mol. The standard InChI is InChI=1S/C19H28O/c1-18-11-4-3-5-13(18)6-7-14-15-8-9-17(20)19(15,2)12-10-16(14)18/h3-4,13-16H,5-12H2,1-2H3/t13-,14+,15+,16+,18-,19+/m0/s1. The summed E-state index contributed by atoms with van der Waals surface area (Å²) in [6.45, 7) is 4.86. The van der Waals surface area contributed by atoms with E-state index in [1.165, 1.54) is 44.9 Å². The van der Waals surface area contributed by atoms with Gasteiger partial charge in [0.15, 0.2) is 0 Å². The van der Waals surface area contributed by atoms with Gasteiger partial charge in [0.25, 0.3) is 0 Å². The molecule has 1 nitrogen and oxygen atoms in total. The fraction of sp³-hybridized carbons (Fsp3) is 0.842. The van der Waals surface area contributed by atoms with Crippen LogP contribution in [-0.4, -0.2) is 5.78 Å². The summed E-state index contributed by atoms with van der Waals surface area (Å²) in [6.07, 6.45) is 14.8. The maximum atomic E-state index is 12.4. The van der Waals surface area contributed by atoms with Crippen LogP contribution in [-0.2, 0) is 4.79 Å². The average molecular weight is 272 g/mol. The Bertz CT molecular complexity index is 464. The number of hydrogen-bond donors (Lipinski definition) is 0. The van der Waals surface area contributed by atoms with Crippen LogP contribution in [0.2, 0.25) is 0 Å². The molecule has 4 rings (SSSR count). The number of carbonyl (C=O) groups excluding carboxylic acids is 1. The van der Waals surface area contributed by atoms with Gasteiger partial charge in [0, 0.05) is 11.8 Å². The molecule has 6 atom stereocenters. The van der Waals surface area contributed by atoms with Gasteiger partial charge in [0.2, 0.25) is 0 Å². The molecule has 0 spiro atoms. The molecule has 0 N–H and O–H groups in total. The first-order chi connectivity index (χ1) is 9.56. The van der Waals surface area contributed by atoms with E-state index in [9.17, 15) is 4.79 Å². The molecule has 0 aliphatic heterocycles. The average Bonchev–Trinajstić information content (AvgIpc) is 2.74. The molecule has 0 radical (unpaired) electrons. The first kappa shape index (κ1) is 13.1. The molecule has 0 saturated heterocycles. The molecule has 4 aliphatic rings. The van der Waals surface area contributed by atoms with E-state index >= 15 is 0 Å². The van der Waals surface area contributed by atoms with Crippen LogP contribution < -0.4 is 0 Å². The number of ketones is 1. The normalized spacial score (nSPS) is 54.2. The van der Waals surface area contributed by atoms with Crippen molar-refractivity contribution >= 4 is 5.78 Å². The molecule has 3 fully saturated rings. The molecule has 0 amide bonds. The molecule has 110 valence electrons. The highest BCUT2D eigenvalue weighted by atomic mass is 16.1. The summed E-state index contributed by atoms with van der Waals surface area (Å²) in [5, 5.41) is 0. The van der Waals surface area contributed by atoms with Gasteiger partial charge in [0.1, 0.15) is 5.78 Å². The van der Waals surface area contributed by atoms with Crippen molar-refractivity contribution in [3.05, 3.63) is 12.2 Å². The maximum Gasteiger partial charge on any atom is 0.139 e. The zero-order valence-corrected chi connectivity index (χ0v) is 13.0. The highest BCUT2D eigenvalue weighted by molar-refractivity contribution is 5.87. The number of allylic oxidation sites excluding steroid dienone is 2. The molecule has 3 saturated carbocycles. The highest BCUT2D eigenvalue weighted by Crippen LogP contribution is 2.64. The summed E-state index contributed by atoms with van der Waals surface area (Å²) in [6, 6.07) is 0. The van der Waals surface area contributed by atoms with Crippen molar-refractivity contribution in [3.63, 3.8) is 0 Å². The van der Waals surface area contributed by atoms with Crippen molar-refractivity contribution in [1.82, 2.24) is 0 Å². The quantitative estimate of drug-likeness (QED) is 0.581. The Morgan fingerprint density at radius 3 is 2.75 bits per heavy atom. The Hall–Kier alpha value is -0.590. The van der Waals surface area contributed by atoms with E-state index < -0.39 is 0 Å². The van der Waals surface area contributed by atoms with Crippen LogP contribution in [0.1, 0.15) is 65.2 Å². The van der Waals surface area contributed by atoms with E-state index in [-0.39, 0.29) is 5.41 Å². The molecular formula is C19H28O. The summed E-state index contributed by atoms with van der Waals surface area (Å²) in [5.74, 6) is 3.92. The second-order valence-corrected chi connectivity index (χ2v) is 8.49. The first-order valence-electron chi connectivity index (χ1n) is 8.74. The predicted octanol–water partition coefficient (Wildman–Crippen LogP) is 4.76. The molecule has 0 aromatic carbocycles. The van der Waals surface area contributed by atoms with Gasteiger partial charge in [-0.15, -0.1) is 0 Å². The monoisotopic (exact) mass is 272 g/mol. The third-order valence-corrected chi connectivity index (χ3v) is 7.92. The molecule has 0 heterocycles. The van der Waals surface area contributed by atoms with Gasteiger partial charge >= 0.3 is 0 Å². The van der Waals surface area contributed by atoms with E-state index in [1.807, 2.05) is 0 Å². The molecule has 4 aliphatic carbocycles. The number of hydrogen-bond acceptors (Lipinski definition) is 1. The second-order valence-electron chi connectivity index (χ2n) is 8.49. The first-order valence-corrected chi connectivity index (χ1v) is 8.74. The molecule has 0 aromatic heterocycles. The van der Waals surface area contributed by atoms with E-state index in [4.69, 9.17) is 0 Å². The van der Waals surface area contributed by atoms with Crippen LogP contribution in [0.5, 0.6) is 0 Å². The maximum absolute atomic E-state index is 12.4. The highest BCUT2D eigenvalue weighted by Gasteiger charge is 2.59. The van der Waals surface area contributed by atoms with E-state index in [1.54, 1.807) is 0 Å². The van der Waals surface area contributed by atoms with E-state index in [2.05, 4.69) is 26.0 Å². The Morgan fingerprint density at radius 1 is 1.05 bits per heavy atom. The SMILES string of the molecule is C[C@]12CC=CC[C@H]1CC[C@H]1[C@H]2CC[C@@]2(C)C(=O)CC[C@H]12. The van der Waals surface area contributed by atoms with Gasteiger partial charge in [-0.3, -0.25) is 4.79 Å². The number of carbonyl (C=O) groups is 1. The summed E-state index contributed by atoms with van der Waals surface area (Å²) in [4.78, 5) is 12.4. The zero-order chi connectivity index (χ0) is 14.0. The lowest BCUT2D eigenvalue weighted by atomic mass is 9.46. The van der Waals surface area contributed by atoms with Crippen molar-refractivity contribution in [2.45, 2.75) is 65.2 Å².